The number of nitrogens with one attached hydrogen (secondary N) is 1. The van der Waals surface area contributed by atoms with Crippen molar-refractivity contribution in [2.75, 3.05) is 11.4 Å². The number of hydrogen-bond donors (Lipinski definition) is 1. The Bertz CT molecular complexity index is 1290. The average Bonchev–Trinajstić information content (AvgIpc) is 3.17. The van der Waals surface area contributed by atoms with Crippen LogP contribution < -0.4 is 10.2 Å². The van der Waals surface area contributed by atoms with E-state index in [9.17, 15) is 14.9 Å². The van der Waals surface area contributed by atoms with Gasteiger partial charge in [-0.15, -0.1) is 0 Å². The summed E-state index contributed by atoms with van der Waals surface area (Å²) in [5, 5.41) is 12.7. The first-order valence-electron chi connectivity index (χ1n) is 10.9. The summed E-state index contributed by atoms with van der Waals surface area (Å²) in [5.41, 5.74) is 2.65. The molecule has 5 nitrogen and oxygen atoms in total. The summed E-state index contributed by atoms with van der Waals surface area (Å²) in [6.07, 6.45) is 1.14. The maximum atomic E-state index is 13.5. The lowest BCUT2D eigenvalue weighted by Gasteiger charge is -2.19. The fraction of sp³-hybridized carbons (Fsp3) is 0.148. The fourth-order valence-electron chi connectivity index (χ4n) is 3.70. The van der Waals surface area contributed by atoms with Gasteiger partial charge in [0.15, 0.2) is 0 Å². The van der Waals surface area contributed by atoms with Crippen molar-refractivity contribution < 1.29 is 9.59 Å². The number of nitriles is 1. The number of nitrogens with zero attached hydrogens (tertiary/aromatic N) is 2. The lowest BCUT2D eigenvalue weighted by Crippen LogP contribution is -2.32. The summed E-state index contributed by atoms with van der Waals surface area (Å²) in [7, 11) is 0. The molecule has 1 N–H and O–H groups in total. The van der Waals surface area contributed by atoms with E-state index >= 15 is 0 Å². The van der Waals surface area contributed by atoms with Crippen LogP contribution >= 0.6 is 43.6 Å². The van der Waals surface area contributed by atoms with Crippen LogP contribution in [0.3, 0.4) is 0 Å². The molecule has 1 heterocycles. The molecule has 1 aliphatic heterocycles. The Kier molecular flexibility index (Phi) is 8.45. The van der Waals surface area contributed by atoms with Crippen LogP contribution in [0.1, 0.15) is 11.1 Å². The molecule has 35 heavy (non-hydrogen) atoms. The summed E-state index contributed by atoms with van der Waals surface area (Å²) in [4.78, 5) is 28.1. The van der Waals surface area contributed by atoms with Gasteiger partial charge in [-0.25, -0.2) is 0 Å². The Morgan fingerprint density at radius 3 is 2.20 bits per heavy atom. The quantitative estimate of drug-likeness (QED) is 0.263. The van der Waals surface area contributed by atoms with Gasteiger partial charge in [0, 0.05) is 21.2 Å². The molecule has 3 aromatic carbocycles. The molecule has 4 rings (SSSR count). The second-order valence-corrected chi connectivity index (χ2v) is 10.9. The summed E-state index contributed by atoms with van der Waals surface area (Å²) in [6.45, 7) is 0.389. The predicted octanol–water partition coefficient (Wildman–Crippen LogP) is 6.00. The van der Waals surface area contributed by atoms with Gasteiger partial charge >= 0.3 is 0 Å². The predicted molar refractivity (Wildman–Crippen MR) is 147 cm³/mol. The summed E-state index contributed by atoms with van der Waals surface area (Å²) in [5.74, 6) is -0.634. The standard InChI is InChI=1S/C27H21Br2N3O2S/c28-20-8-6-19(7-9-20)16-24-26(34)32(22-12-10-21(29)11-13-22)27(35-24)23(17-30)25(33)31-15-14-18-4-2-1-3-5-18/h1-13,24H,14-16H2,(H,31,33). The maximum Gasteiger partial charge on any atom is 0.264 e. The highest BCUT2D eigenvalue weighted by molar-refractivity contribution is 9.10. The van der Waals surface area contributed by atoms with Crippen LogP contribution in [0.2, 0.25) is 0 Å². The molecule has 1 atom stereocenters. The number of thioether (sulfide) groups is 1. The molecule has 2 amide bonds. The van der Waals surface area contributed by atoms with Crippen LogP contribution in [0.15, 0.2) is 98.4 Å². The van der Waals surface area contributed by atoms with Crippen LogP contribution in [-0.2, 0) is 22.4 Å². The van der Waals surface area contributed by atoms with Crippen molar-refractivity contribution in [3.63, 3.8) is 0 Å². The summed E-state index contributed by atoms with van der Waals surface area (Å²) < 4.78 is 1.83. The Morgan fingerprint density at radius 2 is 1.57 bits per heavy atom. The van der Waals surface area contributed by atoms with Gasteiger partial charge in [0.05, 0.1) is 5.25 Å². The molecular formula is C27H21Br2N3O2S. The topological polar surface area (TPSA) is 73.2 Å². The smallest absolute Gasteiger partial charge is 0.264 e. The van der Waals surface area contributed by atoms with E-state index in [1.165, 1.54) is 16.7 Å². The Morgan fingerprint density at radius 1 is 0.943 bits per heavy atom. The Labute approximate surface area is 225 Å². The van der Waals surface area contributed by atoms with Gasteiger partial charge in [-0.3, -0.25) is 14.5 Å². The van der Waals surface area contributed by atoms with Gasteiger partial charge in [0.2, 0.25) is 5.91 Å². The third-order valence-electron chi connectivity index (χ3n) is 5.47. The molecule has 1 fully saturated rings. The van der Waals surface area contributed by atoms with Crippen molar-refractivity contribution in [2.24, 2.45) is 0 Å². The zero-order valence-corrected chi connectivity index (χ0v) is 22.6. The number of rotatable bonds is 7. The van der Waals surface area contributed by atoms with E-state index in [4.69, 9.17) is 0 Å². The van der Waals surface area contributed by atoms with Gasteiger partial charge in [-0.1, -0.05) is 86.1 Å². The lowest BCUT2D eigenvalue weighted by molar-refractivity contribution is -0.117. The molecule has 3 aromatic rings. The SMILES string of the molecule is N#CC(C(=O)NCCc1ccccc1)=C1SC(Cc2ccc(Br)cc2)C(=O)N1c1ccc(Br)cc1. The first-order valence-corrected chi connectivity index (χ1v) is 13.4. The molecule has 1 aliphatic rings. The molecule has 0 aliphatic carbocycles. The fourth-order valence-corrected chi connectivity index (χ4v) is 5.54. The highest BCUT2D eigenvalue weighted by Gasteiger charge is 2.40. The highest BCUT2D eigenvalue weighted by Crippen LogP contribution is 2.42. The van der Waals surface area contributed by atoms with Gasteiger partial charge in [0.25, 0.3) is 5.91 Å². The molecule has 0 radical (unpaired) electrons. The van der Waals surface area contributed by atoms with Gasteiger partial charge in [-0.05, 0) is 60.4 Å². The molecular weight excluding hydrogens is 590 g/mol. The van der Waals surface area contributed by atoms with E-state index < -0.39 is 11.2 Å². The third-order valence-corrected chi connectivity index (χ3v) is 7.79. The molecule has 0 bridgehead atoms. The first-order chi connectivity index (χ1) is 17.0. The van der Waals surface area contributed by atoms with E-state index in [-0.39, 0.29) is 11.5 Å². The summed E-state index contributed by atoms with van der Waals surface area (Å²) >= 11 is 8.12. The van der Waals surface area contributed by atoms with E-state index in [1.807, 2.05) is 66.7 Å². The van der Waals surface area contributed by atoms with Crippen LogP contribution in [0, 0.1) is 11.3 Å². The molecule has 0 spiro atoms. The monoisotopic (exact) mass is 609 g/mol. The number of benzene rings is 3. The average molecular weight is 611 g/mol. The van der Waals surface area contributed by atoms with Crippen molar-refractivity contribution in [2.45, 2.75) is 18.1 Å². The maximum absolute atomic E-state index is 13.5. The van der Waals surface area contributed by atoms with Crippen LogP contribution in [0.25, 0.3) is 0 Å². The third kappa shape index (κ3) is 6.23. The first kappa shape index (κ1) is 25.2. The van der Waals surface area contributed by atoms with Gasteiger partial charge in [-0.2, -0.15) is 5.26 Å². The zero-order chi connectivity index (χ0) is 24.8. The number of hydrogen-bond acceptors (Lipinski definition) is 4. The molecule has 1 saturated heterocycles. The number of anilines is 1. The molecule has 8 heteroatoms. The zero-order valence-electron chi connectivity index (χ0n) is 18.6. The van der Waals surface area contributed by atoms with Crippen LogP contribution in [0.5, 0.6) is 0 Å². The highest BCUT2D eigenvalue weighted by atomic mass is 79.9. The largest absolute Gasteiger partial charge is 0.351 e. The van der Waals surface area contributed by atoms with Crippen molar-refractivity contribution in [1.29, 1.82) is 5.26 Å². The van der Waals surface area contributed by atoms with Gasteiger partial charge in [0.1, 0.15) is 16.7 Å². The van der Waals surface area contributed by atoms with Crippen LogP contribution in [-0.4, -0.2) is 23.6 Å². The summed E-state index contributed by atoms with van der Waals surface area (Å²) in [6, 6.07) is 26.9. The minimum absolute atomic E-state index is 0.0577. The second kappa shape index (κ2) is 11.7. The van der Waals surface area contributed by atoms with Crippen molar-refractivity contribution >= 4 is 61.1 Å². The van der Waals surface area contributed by atoms with E-state index in [0.717, 1.165) is 20.1 Å². The number of amides is 2. The second-order valence-electron chi connectivity index (χ2n) is 7.87. The molecule has 176 valence electrons. The van der Waals surface area contributed by atoms with Gasteiger partial charge < -0.3 is 5.32 Å². The van der Waals surface area contributed by atoms with Crippen molar-refractivity contribution in [1.82, 2.24) is 5.32 Å². The minimum atomic E-state index is -0.481. The Hall–Kier alpha value is -2.86. The Balaban J connectivity index is 1.61. The van der Waals surface area contributed by atoms with E-state index in [0.29, 0.717) is 30.1 Å². The number of carbonyl (C=O) groups excluding carboxylic acids is 2. The van der Waals surface area contributed by atoms with E-state index in [2.05, 4.69) is 43.2 Å². The lowest BCUT2D eigenvalue weighted by atomic mass is 10.1. The molecule has 1 unspecified atom stereocenters. The molecule has 0 saturated carbocycles. The number of halogens is 2. The van der Waals surface area contributed by atoms with Crippen molar-refractivity contribution in [3.8, 4) is 6.07 Å². The van der Waals surface area contributed by atoms with Crippen molar-refractivity contribution in [3.05, 3.63) is 110 Å². The number of carbonyl (C=O) groups is 2. The van der Waals surface area contributed by atoms with Crippen LogP contribution in [0.4, 0.5) is 5.69 Å². The minimum Gasteiger partial charge on any atom is -0.351 e. The van der Waals surface area contributed by atoms with E-state index in [1.54, 1.807) is 12.1 Å². The molecule has 0 aromatic heterocycles. The normalized spacial score (nSPS) is 16.7.